The molecule has 2 unspecified atom stereocenters. The highest BCUT2D eigenvalue weighted by molar-refractivity contribution is 7.71. The van der Waals surface area contributed by atoms with Crippen LogP contribution < -0.4 is 4.74 Å². The second-order valence-electron chi connectivity index (χ2n) is 4.96. The van der Waals surface area contributed by atoms with Gasteiger partial charge in [-0.2, -0.15) is 0 Å². The van der Waals surface area contributed by atoms with Gasteiger partial charge in [0.2, 0.25) is 0 Å². The lowest BCUT2D eigenvalue weighted by atomic mass is 10.2. The zero-order chi connectivity index (χ0) is 13.4. The number of aromatic amines is 1. The van der Waals surface area contributed by atoms with Crippen LogP contribution >= 0.6 is 12.2 Å². The number of hydrogen-bond donors (Lipinski definition) is 1. The minimum absolute atomic E-state index is 0.247. The van der Waals surface area contributed by atoms with Gasteiger partial charge < -0.3 is 19.0 Å². The van der Waals surface area contributed by atoms with Gasteiger partial charge in [-0.05, 0) is 43.6 Å². The number of nitrogens with one attached hydrogen (secondary N) is 1. The molecule has 3 rings (SSSR count). The quantitative estimate of drug-likeness (QED) is 0.874. The summed E-state index contributed by atoms with van der Waals surface area (Å²) in [6.45, 7) is 0. The van der Waals surface area contributed by atoms with E-state index in [4.69, 9.17) is 21.7 Å². The number of rotatable bonds is 3. The summed E-state index contributed by atoms with van der Waals surface area (Å²) in [6, 6.07) is 6.31. The maximum absolute atomic E-state index is 5.60. The number of methoxy groups -OCH3 is 2. The van der Waals surface area contributed by atoms with Gasteiger partial charge in [0.05, 0.1) is 30.3 Å². The highest BCUT2D eigenvalue weighted by Gasteiger charge is 2.30. The van der Waals surface area contributed by atoms with Crippen molar-refractivity contribution in [3.8, 4) is 5.75 Å². The molecule has 1 aliphatic rings. The first-order chi connectivity index (χ1) is 9.24. The second kappa shape index (κ2) is 4.98. The van der Waals surface area contributed by atoms with Crippen molar-refractivity contribution in [3.05, 3.63) is 23.0 Å². The minimum Gasteiger partial charge on any atom is -0.497 e. The summed E-state index contributed by atoms with van der Waals surface area (Å²) in [6.07, 6.45) is 3.63. The summed E-state index contributed by atoms with van der Waals surface area (Å²) < 4.78 is 13.9. The van der Waals surface area contributed by atoms with Crippen molar-refractivity contribution in [1.29, 1.82) is 0 Å². The van der Waals surface area contributed by atoms with Crippen LogP contribution in [0.2, 0.25) is 0 Å². The van der Waals surface area contributed by atoms with Gasteiger partial charge in [0, 0.05) is 13.2 Å². The van der Waals surface area contributed by atoms with Gasteiger partial charge in [-0.1, -0.05) is 0 Å². The molecule has 1 N–H and O–H groups in total. The first kappa shape index (κ1) is 12.7. The van der Waals surface area contributed by atoms with E-state index in [-0.39, 0.29) is 6.10 Å². The van der Waals surface area contributed by atoms with Crippen LogP contribution in [0.1, 0.15) is 25.3 Å². The molecule has 2 aromatic rings. The van der Waals surface area contributed by atoms with E-state index in [1.807, 2.05) is 18.2 Å². The molecule has 2 atom stereocenters. The molecule has 102 valence electrons. The van der Waals surface area contributed by atoms with E-state index in [9.17, 15) is 0 Å². The first-order valence-corrected chi connectivity index (χ1v) is 6.96. The number of H-pyrrole nitrogens is 1. The standard InChI is InChI=1S/C14H18N2O2S/c1-17-9-6-7-10-12(8-9)16(14(19)15-10)11-4-3-5-13(11)18-2/h6-8,11,13H,3-5H2,1-2H3,(H,15,19). The SMILES string of the molecule is COc1ccc2[nH]c(=S)n(C3CCCC3OC)c2c1. The summed E-state index contributed by atoms with van der Waals surface area (Å²) in [4.78, 5) is 3.27. The van der Waals surface area contributed by atoms with Crippen LogP contribution in [-0.2, 0) is 4.74 Å². The minimum atomic E-state index is 0.247. The molecular formula is C14H18N2O2S. The summed E-state index contributed by atoms with van der Waals surface area (Å²) in [5, 5.41) is 0. The predicted molar refractivity (Wildman–Crippen MR) is 77.4 cm³/mol. The molecule has 5 heteroatoms. The molecule has 1 heterocycles. The third-order valence-electron chi connectivity index (χ3n) is 3.98. The Labute approximate surface area is 117 Å². The monoisotopic (exact) mass is 278 g/mol. The topological polar surface area (TPSA) is 39.2 Å². The number of benzene rings is 1. The maximum atomic E-state index is 5.60. The molecule has 0 amide bonds. The van der Waals surface area contributed by atoms with Gasteiger partial charge in [-0.25, -0.2) is 0 Å². The fraction of sp³-hybridized carbons (Fsp3) is 0.500. The molecule has 19 heavy (non-hydrogen) atoms. The van der Waals surface area contributed by atoms with E-state index < -0.39 is 0 Å². The summed E-state index contributed by atoms with van der Waals surface area (Å²) in [7, 11) is 3.46. The third kappa shape index (κ3) is 2.07. The van der Waals surface area contributed by atoms with Crippen molar-refractivity contribution >= 4 is 23.3 Å². The van der Waals surface area contributed by atoms with Gasteiger partial charge in [-0.15, -0.1) is 0 Å². The molecule has 1 aromatic carbocycles. The van der Waals surface area contributed by atoms with Crippen LogP contribution in [0.3, 0.4) is 0 Å². The van der Waals surface area contributed by atoms with Gasteiger partial charge in [0.25, 0.3) is 0 Å². The normalized spacial score (nSPS) is 23.1. The Morgan fingerprint density at radius 2 is 2.16 bits per heavy atom. The van der Waals surface area contributed by atoms with E-state index in [0.29, 0.717) is 6.04 Å². The Bertz CT molecular complexity index is 646. The highest BCUT2D eigenvalue weighted by atomic mass is 32.1. The number of fused-ring (bicyclic) bond motifs is 1. The van der Waals surface area contributed by atoms with Gasteiger partial charge in [0.15, 0.2) is 4.77 Å². The zero-order valence-corrected chi connectivity index (χ0v) is 12.0. The first-order valence-electron chi connectivity index (χ1n) is 6.55. The average molecular weight is 278 g/mol. The predicted octanol–water partition coefficient (Wildman–Crippen LogP) is 3.45. The Kier molecular flexibility index (Phi) is 3.33. The van der Waals surface area contributed by atoms with Crippen LogP contribution in [0, 0.1) is 4.77 Å². The molecule has 0 aliphatic heterocycles. The fourth-order valence-corrected chi connectivity index (χ4v) is 3.38. The smallest absolute Gasteiger partial charge is 0.178 e. The number of aromatic nitrogens is 2. The van der Waals surface area contributed by atoms with Crippen LogP contribution in [0.25, 0.3) is 11.0 Å². The molecule has 1 aromatic heterocycles. The van der Waals surface area contributed by atoms with Crippen molar-refractivity contribution in [2.24, 2.45) is 0 Å². The van der Waals surface area contributed by atoms with E-state index in [1.165, 1.54) is 6.42 Å². The van der Waals surface area contributed by atoms with Crippen LogP contribution in [-0.4, -0.2) is 29.9 Å². The largest absolute Gasteiger partial charge is 0.497 e. The molecule has 1 fully saturated rings. The molecular weight excluding hydrogens is 260 g/mol. The van der Waals surface area contributed by atoms with Crippen molar-refractivity contribution in [2.75, 3.05) is 14.2 Å². The van der Waals surface area contributed by atoms with Gasteiger partial charge in [0.1, 0.15) is 5.75 Å². The molecule has 1 aliphatic carbocycles. The Balaban J connectivity index is 2.16. The van der Waals surface area contributed by atoms with Crippen molar-refractivity contribution in [2.45, 2.75) is 31.4 Å². The molecule has 1 saturated carbocycles. The molecule has 0 radical (unpaired) electrons. The van der Waals surface area contributed by atoms with Crippen LogP contribution in [0.5, 0.6) is 5.75 Å². The Morgan fingerprint density at radius 1 is 1.32 bits per heavy atom. The van der Waals surface area contributed by atoms with E-state index in [2.05, 4.69) is 9.55 Å². The van der Waals surface area contributed by atoms with E-state index >= 15 is 0 Å². The Hall–Kier alpha value is -1.33. The van der Waals surface area contributed by atoms with Crippen molar-refractivity contribution < 1.29 is 9.47 Å². The number of nitrogens with zero attached hydrogens (tertiary/aromatic N) is 1. The van der Waals surface area contributed by atoms with Crippen LogP contribution in [0.4, 0.5) is 0 Å². The van der Waals surface area contributed by atoms with Gasteiger partial charge in [-0.3, -0.25) is 0 Å². The van der Waals surface area contributed by atoms with E-state index in [1.54, 1.807) is 14.2 Å². The number of imidazole rings is 1. The lowest BCUT2D eigenvalue weighted by Gasteiger charge is -2.20. The van der Waals surface area contributed by atoms with Crippen molar-refractivity contribution in [1.82, 2.24) is 9.55 Å². The zero-order valence-electron chi connectivity index (χ0n) is 11.2. The molecule has 0 spiro atoms. The molecule has 0 bridgehead atoms. The van der Waals surface area contributed by atoms with Crippen molar-refractivity contribution in [3.63, 3.8) is 0 Å². The number of ether oxygens (including phenoxy) is 2. The average Bonchev–Trinajstić information content (AvgIpc) is 3.00. The Morgan fingerprint density at radius 3 is 2.89 bits per heavy atom. The molecule has 4 nitrogen and oxygen atoms in total. The summed E-state index contributed by atoms with van der Waals surface area (Å²) in [5.41, 5.74) is 2.14. The fourth-order valence-electron chi connectivity index (χ4n) is 3.03. The lowest BCUT2D eigenvalue weighted by molar-refractivity contribution is 0.0758. The van der Waals surface area contributed by atoms with Crippen LogP contribution in [0.15, 0.2) is 18.2 Å². The molecule has 0 saturated heterocycles. The third-order valence-corrected chi connectivity index (χ3v) is 4.28. The maximum Gasteiger partial charge on any atom is 0.178 e. The van der Waals surface area contributed by atoms with Gasteiger partial charge >= 0.3 is 0 Å². The number of hydrogen-bond acceptors (Lipinski definition) is 3. The lowest BCUT2D eigenvalue weighted by Crippen LogP contribution is -2.20. The summed E-state index contributed by atoms with van der Waals surface area (Å²) in [5.74, 6) is 0.849. The summed E-state index contributed by atoms with van der Waals surface area (Å²) >= 11 is 5.48. The van der Waals surface area contributed by atoms with E-state index in [0.717, 1.165) is 34.4 Å². The second-order valence-corrected chi connectivity index (χ2v) is 5.34. The highest BCUT2D eigenvalue weighted by Crippen LogP contribution is 2.35.